The van der Waals surface area contributed by atoms with Crippen molar-refractivity contribution in [2.45, 2.75) is 6.54 Å². The topological polar surface area (TPSA) is 96.1 Å². The minimum absolute atomic E-state index is 0.0298. The number of nitrogens with zero attached hydrogens (tertiary/aromatic N) is 1. The van der Waals surface area contributed by atoms with Gasteiger partial charge in [-0.3, -0.25) is 14.7 Å². The summed E-state index contributed by atoms with van der Waals surface area (Å²) in [6.07, 6.45) is 0. The standard InChI is InChI=1S/C19H17FN4O3/c1-27-16-8-7-13(20)9-14(16)18(25)22-17-10-15(23-24-17)19(26)21-11-12-5-3-2-4-6-12/h2-10H,11H2,1H3,(H,21,26)(H2,22,23,24,25). The largest absolute Gasteiger partial charge is 0.496 e. The number of hydrogen-bond acceptors (Lipinski definition) is 4. The van der Waals surface area contributed by atoms with E-state index in [2.05, 4.69) is 20.8 Å². The molecule has 0 unspecified atom stereocenters. The molecule has 2 aromatic carbocycles. The molecule has 1 heterocycles. The van der Waals surface area contributed by atoms with Crippen LogP contribution in [0.1, 0.15) is 26.4 Å². The number of carbonyl (C=O) groups is 2. The van der Waals surface area contributed by atoms with Gasteiger partial charge in [0.25, 0.3) is 11.8 Å². The molecular weight excluding hydrogens is 351 g/mol. The van der Waals surface area contributed by atoms with Crippen molar-refractivity contribution in [2.75, 3.05) is 12.4 Å². The van der Waals surface area contributed by atoms with Crippen molar-refractivity contribution in [1.29, 1.82) is 0 Å². The summed E-state index contributed by atoms with van der Waals surface area (Å²) in [5, 5.41) is 11.7. The Balaban J connectivity index is 1.64. The summed E-state index contributed by atoms with van der Waals surface area (Å²) < 4.78 is 18.5. The van der Waals surface area contributed by atoms with Crippen LogP contribution in [0.2, 0.25) is 0 Å². The molecule has 0 saturated heterocycles. The van der Waals surface area contributed by atoms with Crippen LogP contribution in [0.5, 0.6) is 5.75 Å². The molecule has 0 saturated carbocycles. The predicted octanol–water partition coefficient (Wildman–Crippen LogP) is 2.74. The first-order valence-electron chi connectivity index (χ1n) is 8.09. The van der Waals surface area contributed by atoms with Gasteiger partial charge in [-0.15, -0.1) is 0 Å². The summed E-state index contributed by atoms with van der Waals surface area (Å²) in [6.45, 7) is 0.356. The van der Waals surface area contributed by atoms with Crippen LogP contribution < -0.4 is 15.4 Å². The number of aromatic amines is 1. The minimum Gasteiger partial charge on any atom is -0.496 e. The van der Waals surface area contributed by atoms with Crippen LogP contribution in [0.3, 0.4) is 0 Å². The Morgan fingerprint density at radius 3 is 2.63 bits per heavy atom. The fourth-order valence-electron chi connectivity index (χ4n) is 2.42. The van der Waals surface area contributed by atoms with E-state index >= 15 is 0 Å². The van der Waals surface area contributed by atoms with Crippen molar-refractivity contribution in [3.8, 4) is 5.75 Å². The van der Waals surface area contributed by atoms with Gasteiger partial charge in [-0.1, -0.05) is 30.3 Å². The van der Waals surface area contributed by atoms with Crippen molar-refractivity contribution < 1.29 is 18.7 Å². The van der Waals surface area contributed by atoms with Gasteiger partial charge >= 0.3 is 0 Å². The van der Waals surface area contributed by atoms with Gasteiger partial charge in [0.15, 0.2) is 5.69 Å². The van der Waals surface area contributed by atoms with Crippen molar-refractivity contribution in [2.24, 2.45) is 0 Å². The van der Waals surface area contributed by atoms with Crippen LogP contribution in [0.25, 0.3) is 0 Å². The van der Waals surface area contributed by atoms with Gasteiger partial charge in [-0.2, -0.15) is 5.10 Å². The van der Waals surface area contributed by atoms with E-state index in [0.29, 0.717) is 6.54 Å². The van der Waals surface area contributed by atoms with Gasteiger partial charge in [0.2, 0.25) is 0 Å². The van der Waals surface area contributed by atoms with Gasteiger partial charge in [-0.05, 0) is 23.8 Å². The fraction of sp³-hybridized carbons (Fsp3) is 0.105. The number of hydrogen-bond donors (Lipinski definition) is 3. The van der Waals surface area contributed by atoms with Crippen LogP contribution in [0.4, 0.5) is 10.2 Å². The van der Waals surface area contributed by atoms with Crippen LogP contribution in [0.15, 0.2) is 54.6 Å². The van der Waals surface area contributed by atoms with Gasteiger partial charge in [0, 0.05) is 12.6 Å². The molecular formula is C19H17FN4O3. The number of anilines is 1. The fourth-order valence-corrected chi connectivity index (χ4v) is 2.42. The normalized spacial score (nSPS) is 10.3. The molecule has 0 aliphatic heterocycles. The molecule has 1 aromatic heterocycles. The zero-order valence-electron chi connectivity index (χ0n) is 14.5. The SMILES string of the molecule is COc1ccc(F)cc1C(=O)Nc1cc(C(=O)NCc2ccccc2)n[nH]1. The van der Waals surface area contributed by atoms with Crippen LogP contribution in [-0.2, 0) is 6.54 Å². The molecule has 8 heteroatoms. The number of nitrogens with one attached hydrogen (secondary N) is 3. The Morgan fingerprint density at radius 2 is 1.89 bits per heavy atom. The zero-order chi connectivity index (χ0) is 19.2. The molecule has 0 atom stereocenters. The summed E-state index contributed by atoms with van der Waals surface area (Å²) in [5.74, 6) is -1.11. The number of aromatic nitrogens is 2. The Morgan fingerprint density at radius 1 is 1.11 bits per heavy atom. The zero-order valence-corrected chi connectivity index (χ0v) is 14.5. The number of halogens is 1. The highest BCUT2D eigenvalue weighted by atomic mass is 19.1. The number of benzene rings is 2. The molecule has 0 aliphatic carbocycles. The van der Waals surface area contributed by atoms with Crippen molar-refractivity contribution >= 4 is 17.6 Å². The van der Waals surface area contributed by atoms with Crippen molar-refractivity contribution in [1.82, 2.24) is 15.5 Å². The van der Waals surface area contributed by atoms with Crippen LogP contribution >= 0.6 is 0 Å². The molecule has 0 aliphatic rings. The van der Waals surface area contributed by atoms with E-state index < -0.39 is 11.7 Å². The number of rotatable bonds is 6. The Labute approximate surface area is 154 Å². The molecule has 0 radical (unpaired) electrons. The third kappa shape index (κ3) is 4.49. The molecule has 0 spiro atoms. The maximum absolute atomic E-state index is 13.4. The van der Waals surface area contributed by atoms with E-state index in [1.54, 1.807) is 0 Å². The maximum atomic E-state index is 13.4. The quantitative estimate of drug-likeness (QED) is 0.623. The molecule has 7 nitrogen and oxygen atoms in total. The lowest BCUT2D eigenvalue weighted by Crippen LogP contribution is -2.23. The summed E-state index contributed by atoms with van der Waals surface area (Å²) in [6, 6.07) is 14.4. The highest BCUT2D eigenvalue weighted by Crippen LogP contribution is 2.20. The van der Waals surface area contributed by atoms with E-state index in [1.807, 2.05) is 30.3 Å². The first-order valence-corrected chi connectivity index (χ1v) is 8.09. The predicted molar refractivity (Wildman–Crippen MR) is 97.1 cm³/mol. The number of ether oxygens (including phenoxy) is 1. The highest BCUT2D eigenvalue weighted by molar-refractivity contribution is 6.06. The lowest BCUT2D eigenvalue weighted by atomic mass is 10.2. The molecule has 3 aromatic rings. The third-order valence-electron chi connectivity index (χ3n) is 3.76. The maximum Gasteiger partial charge on any atom is 0.272 e. The van der Waals surface area contributed by atoms with Gasteiger partial charge < -0.3 is 15.4 Å². The molecule has 2 amide bonds. The summed E-state index contributed by atoms with van der Waals surface area (Å²) in [4.78, 5) is 24.5. The molecule has 0 fully saturated rings. The summed E-state index contributed by atoms with van der Waals surface area (Å²) in [7, 11) is 1.38. The Kier molecular flexibility index (Phi) is 5.46. The van der Waals surface area contributed by atoms with E-state index in [0.717, 1.165) is 11.6 Å². The van der Waals surface area contributed by atoms with E-state index in [4.69, 9.17) is 4.74 Å². The number of amides is 2. The van der Waals surface area contributed by atoms with Crippen LogP contribution in [0, 0.1) is 5.82 Å². The lowest BCUT2D eigenvalue weighted by Gasteiger charge is -2.08. The van der Waals surface area contributed by atoms with Crippen molar-refractivity contribution in [3.63, 3.8) is 0 Å². The molecule has 0 bridgehead atoms. The van der Waals surface area contributed by atoms with Crippen LogP contribution in [-0.4, -0.2) is 29.1 Å². The van der Waals surface area contributed by atoms with Gasteiger partial charge in [0.1, 0.15) is 17.4 Å². The number of methoxy groups -OCH3 is 1. The molecule has 27 heavy (non-hydrogen) atoms. The first-order chi connectivity index (χ1) is 13.1. The van der Waals surface area contributed by atoms with E-state index in [9.17, 15) is 14.0 Å². The molecule has 3 N–H and O–H groups in total. The number of H-pyrrole nitrogens is 1. The van der Waals surface area contributed by atoms with E-state index in [1.165, 1.54) is 25.3 Å². The third-order valence-corrected chi connectivity index (χ3v) is 3.76. The highest BCUT2D eigenvalue weighted by Gasteiger charge is 2.16. The smallest absolute Gasteiger partial charge is 0.272 e. The lowest BCUT2D eigenvalue weighted by molar-refractivity contribution is 0.0945. The molecule has 3 rings (SSSR count). The minimum atomic E-state index is -0.591. The monoisotopic (exact) mass is 368 g/mol. The Bertz CT molecular complexity index is 957. The van der Waals surface area contributed by atoms with E-state index in [-0.39, 0.29) is 28.7 Å². The Hall–Kier alpha value is -3.68. The molecule has 138 valence electrons. The summed E-state index contributed by atoms with van der Waals surface area (Å²) in [5.41, 5.74) is 1.10. The average molecular weight is 368 g/mol. The van der Waals surface area contributed by atoms with Crippen molar-refractivity contribution in [3.05, 3.63) is 77.2 Å². The second-order valence-corrected chi connectivity index (χ2v) is 5.63. The second kappa shape index (κ2) is 8.13. The summed E-state index contributed by atoms with van der Waals surface area (Å²) >= 11 is 0. The van der Waals surface area contributed by atoms with Gasteiger partial charge in [0.05, 0.1) is 12.7 Å². The second-order valence-electron chi connectivity index (χ2n) is 5.63. The average Bonchev–Trinajstić information content (AvgIpc) is 3.15. The number of carbonyl (C=O) groups excluding carboxylic acids is 2. The van der Waals surface area contributed by atoms with Gasteiger partial charge in [-0.25, -0.2) is 4.39 Å². The first kappa shape index (κ1) is 18.1.